The number of rotatable bonds is 5. The van der Waals surface area contributed by atoms with Crippen LogP contribution in [0.5, 0.6) is 0 Å². The van der Waals surface area contributed by atoms with Crippen LogP contribution in [0.15, 0.2) is 34.9 Å². The van der Waals surface area contributed by atoms with Gasteiger partial charge in [0.2, 0.25) is 0 Å². The molecule has 0 aliphatic carbocycles. The maximum Gasteiger partial charge on any atom is 0.134 e. The Labute approximate surface area is 121 Å². The second kappa shape index (κ2) is 6.63. The summed E-state index contributed by atoms with van der Waals surface area (Å²) in [4.78, 5) is 8.74. The third-order valence-electron chi connectivity index (χ3n) is 2.69. The Bertz CT molecular complexity index is 557. The molecule has 0 unspecified atom stereocenters. The molecule has 0 spiro atoms. The third kappa shape index (κ3) is 4.01. The predicted molar refractivity (Wildman–Crippen MR) is 81.8 cm³/mol. The van der Waals surface area contributed by atoms with Gasteiger partial charge in [-0.2, -0.15) is 0 Å². The standard InChI is InChI=1S/C14H17BrN4/c1-10-3-4-12(11(15)9-10)18-14-6-8-17-13(19-14)5-7-16-2/h3-4,6,8-9,16H,5,7H2,1-2H3,(H,17,18,19). The average Bonchev–Trinajstić information content (AvgIpc) is 2.40. The van der Waals surface area contributed by atoms with E-state index in [2.05, 4.69) is 55.6 Å². The van der Waals surface area contributed by atoms with Crippen LogP contribution in [0.2, 0.25) is 0 Å². The molecule has 0 aliphatic heterocycles. The fourth-order valence-electron chi connectivity index (χ4n) is 1.69. The molecule has 1 aromatic heterocycles. The van der Waals surface area contributed by atoms with Crippen molar-refractivity contribution in [3.8, 4) is 0 Å². The molecule has 2 N–H and O–H groups in total. The molecule has 0 aliphatic rings. The molecular weight excluding hydrogens is 304 g/mol. The number of nitrogens with zero attached hydrogens (tertiary/aromatic N) is 2. The highest BCUT2D eigenvalue weighted by molar-refractivity contribution is 9.10. The molecule has 100 valence electrons. The number of aromatic nitrogens is 2. The number of aryl methyl sites for hydroxylation is 1. The Morgan fingerprint density at radius 3 is 2.84 bits per heavy atom. The van der Waals surface area contributed by atoms with Crippen molar-refractivity contribution in [2.75, 3.05) is 18.9 Å². The summed E-state index contributed by atoms with van der Waals surface area (Å²) in [5.41, 5.74) is 2.22. The summed E-state index contributed by atoms with van der Waals surface area (Å²) < 4.78 is 1.03. The van der Waals surface area contributed by atoms with Crippen LogP contribution in [0.25, 0.3) is 0 Å². The van der Waals surface area contributed by atoms with E-state index in [1.807, 2.05) is 19.2 Å². The van der Waals surface area contributed by atoms with Gasteiger partial charge in [-0.25, -0.2) is 9.97 Å². The second-order valence-corrected chi connectivity index (χ2v) is 5.17. The van der Waals surface area contributed by atoms with E-state index in [-0.39, 0.29) is 0 Å². The number of halogens is 1. The molecule has 2 aromatic rings. The van der Waals surface area contributed by atoms with Crippen LogP contribution in [-0.4, -0.2) is 23.6 Å². The van der Waals surface area contributed by atoms with E-state index in [9.17, 15) is 0 Å². The highest BCUT2D eigenvalue weighted by Gasteiger charge is 2.03. The van der Waals surface area contributed by atoms with E-state index in [1.165, 1.54) is 5.56 Å². The lowest BCUT2D eigenvalue weighted by atomic mass is 10.2. The van der Waals surface area contributed by atoms with Crippen molar-refractivity contribution < 1.29 is 0 Å². The molecule has 1 aromatic carbocycles. The maximum absolute atomic E-state index is 4.49. The van der Waals surface area contributed by atoms with Crippen molar-refractivity contribution in [3.63, 3.8) is 0 Å². The first-order valence-corrected chi connectivity index (χ1v) is 6.98. The zero-order valence-corrected chi connectivity index (χ0v) is 12.7. The number of hydrogen-bond donors (Lipinski definition) is 2. The SMILES string of the molecule is CNCCc1nccc(Nc2ccc(C)cc2Br)n1. The van der Waals surface area contributed by atoms with Crippen LogP contribution in [0.1, 0.15) is 11.4 Å². The molecular formula is C14H17BrN4. The van der Waals surface area contributed by atoms with E-state index < -0.39 is 0 Å². The van der Waals surface area contributed by atoms with Crippen molar-refractivity contribution >= 4 is 27.4 Å². The van der Waals surface area contributed by atoms with Crippen LogP contribution in [-0.2, 0) is 6.42 Å². The fourth-order valence-corrected chi connectivity index (χ4v) is 2.28. The van der Waals surface area contributed by atoms with Gasteiger partial charge in [-0.05, 0) is 53.7 Å². The number of hydrogen-bond acceptors (Lipinski definition) is 4. The minimum absolute atomic E-state index is 0.811. The highest BCUT2D eigenvalue weighted by Crippen LogP contribution is 2.25. The molecule has 4 nitrogen and oxygen atoms in total. The molecule has 0 saturated heterocycles. The van der Waals surface area contributed by atoms with Gasteiger partial charge in [-0.15, -0.1) is 0 Å². The van der Waals surface area contributed by atoms with E-state index in [0.717, 1.165) is 34.8 Å². The number of likely N-dealkylation sites (N-methyl/N-ethyl adjacent to an activating group) is 1. The predicted octanol–water partition coefficient (Wildman–Crippen LogP) is 3.05. The summed E-state index contributed by atoms with van der Waals surface area (Å²) in [7, 11) is 1.92. The fraction of sp³-hybridized carbons (Fsp3) is 0.286. The summed E-state index contributed by atoms with van der Waals surface area (Å²) in [6.45, 7) is 2.94. The summed E-state index contributed by atoms with van der Waals surface area (Å²) in [6.07, 6.45) is 2.60. The second-order valence-electron chi connectivity index (χ2n) is 4.32. The smallest absolute Gasteiger partial charge is 0.134 e. The summed E-state index contributed by atoms with van der Waals surface area (Å²) in [5.74, 6) is 1.65. The van der Waals surface area contributed by atoms with Gasteiger partial charge in [-0.3, -0.25) is 0 Å². The van der Waals surface area contributed by atoms with Gasteiger partial charge in [0.1, 0.15) is 11.6 Å². The van der Waals surface area contributed by atoms with Gasteiger partial charge in [-0.1, -0.05) is 6.07 Å². The summed E-state index contributed by atoms with van der Waals surface area (Å²) >= 11 is 3.55. The third-order valence-corrected chi connectivity index (χ3v) is 3.35. The minimum Gasteiger partial charge on any atom is -0.339 e. The Hall–Kier alpha value is -1.46. The van der Waals surface area contributed by atoms with Crippen LogP contribution in [0.4, 0.5) is 11.5 Å². The summed E-state index contributed by atoms with van der Waals surface area (Å²) in [6, 6.07) is 8.05. The monoisotopic (exact) mass is 320 g/mol. The first kappa shape index (κ1) is 14.0. The Morgan fingerprint density at radius 1 is 1.26 bits per heavy atom. The van der Waals surface area contributed by atoms with E-state index >= 15 is 0 Å². The van der Waals surface area contributed by atoms with Crippen LogP contribution < -0.4 is 10.6 Å². The van der Waals surface area contributed by atoms with Gasteiger partial charge in [0, 0.05) is 23.6 Å². The van der Waals surface area contributed by atoms with Crippen molar-refractivity contribution in [1.29, 1.82) is 0 Å². The van der Waals surface area contributed by atoms with Crippen LogP contribution in [0.3, 0.4) is 0 Å². The molecule has 0 fully saturated rings. The van der Waals surface area contributed by atoms with Gasteiger partial charge in [0.15, 0.2) is 0 Å². The molecule has 2 rings (SSSR count). The Morgan fingerprint density at radius 2 is 2.11 bits per heavy atom. The number of benzene rings is 1. The lowest BCUT2D eigenvalue weighted by Gasteiger charge is -2.09. The first-order chi connectivity index (χ1) is 9.19. The molecule has 0 saturated carbocycles. The van der Waals surface area contributed by atoms with E-state index in [4.69, 9.17) is 0 Å². The minimum atomic E-state index is 0.811. The molecule has 5 heteroatoms. The maximum atomic E-state index is 4.49. The van der Waals surface area contributed by atoms with E-state index in [0.29, 0.717) is 0 Å². The Kier molecular flexibility index (Phi) is 4.87. The lowest BCUT2D eigenvalue weighted by molar-refractivity contribution is 0.756. The van der Waals surface area contributed by atoms with Crippen molar-refractivity contribution in [2.24, 2.45) is 0 Å². The summed E-state index contributed by atoms with van der Waals surface area (Å²) in [5, 5.41) is 6.39. The molecule has 0 atom stereocenters. The quantitative estimate of drug-likeness (QED) is 0.889. The molecule has 19 heavy (non-hydrogen) atoms. The van der Waals surface area contributed by atoms with Crippen molar-refractivity contribution in [3.05, 3.63) is 46.3 Å². The van der Waals surface area contributed by atoms with Crippen LogP contribution >= 0.6 is 15.9 Å². The van der Waals surface area contributed by atoms with Gasteiger partial charge in [0.25, 0.3) is 0 Å². The zero-order valence-electron chi connectivity index (χ0n) is 11.1. The van der Waals surface area contributed by atoms with Crippen LogP contribution in [0, 0.1) is 6.92 Å². The number of anilines is 2. The molecule has 0 bridgehead atoms. The Balaban J connectivity index is 2.14. The molecule has 0 radical (unpaired) electrons. The first-order valence-electron chi connectivity index (χ1n) is 6.19. The van der Waals surface area contributed by atoms with Crippen molar-refractivity contribution in [1.82, 2.24) is 15.3 Å². The normalized spacial score (nSPS) is 10.5. The zero-order chi connectivity index (χ0) is 13.7. The highest BCUT2D eigenvalue weighted by atomic mass is 79.9. The average molecular weight is 321 g/mol. The van der Waals surface area contributed by atoms with E-state index in [1.54, 1.807) is 6.20 Å². The van der Waals surface area contributed by atoms with Gasteiger partial charge in [0.05, 0.1) is 5.69 Å². The number of nitrogens with one attached hydrogen (secondary N) is 2. The van der Waals surface area contributed by atoms with Crippen molar-refractivity contribution in [2.45, 2.75) is 13.3 Å². The topological polar surface area (TPSA) is 49.8 Å². The molecule has 1 heterocycles. The lowest BCUT2D eigenvalue weighted by Crippen LogP contribution is -2.12. The largest absolute Gasteiger partial charge is 0.339 e. The van der Waals surface area contributed by atoms with Gasteiger partial charge >= 0.3 is 0 Å². The molecule has 0 amide bonds. The van der Waals surface area contributed by atoms with Gasteiger partial charge < -0.3 is 10.6 Å².